The van der Waals surface area contributed by atoms with Gasteiger partial charge in [0, 0.05) is 38.7 Å². The van der Waals surface area contributed by atoms with Gasteiger partial charge in [-0.15, -0.1) is 5.10 Å². The molecule has 2 aliphatic rings. The summed E-state index contributed by atoms with van der Waals surface area (Å²) in [4.78, 5) is 19.7. The van der Waals surface area contributed by atoms with Crippen LogP contribution in [0.1, 0.15) is 35.1 Å². The van der Waals surface area contributed by atoms with Crippen LogP contribution in [0.3, 0.4) is 0 Å². The lowest BCUT2D eigenvalue weighted by molar-refractivity contribution is 0.0772. The highest BCUT2D eigenvalue weighted by Gasteiger charge is 2.36. The van der Waals surface area contributed by atoms with Crippen LogP contribution in [-0.4, -0.2) is 65.9 Å². The molecule has 168 valence electrons. The number of fused-ring (bicyclic) bond motifs is 1. The fraction of sp³-hybridized carbons (Fsp3) is 0.458. The van der Waals surface area contributed by atoms with Crippen molar-refractivity contribution in [2.24, 2.45) is 0 Å². The Morgan fingerprint density at radius 2 is 2.09 bits per heavy atom. The Hall–Kier alpha value is -2.97. The van der Waals surface area contributed by atoms with Crippen molar-refractivity contribution in [3.05, 3.63) is 59.5 Å². The highest BCUT2D eigenvalue weighted by Crippen LogP contribution is 2.36. The highest BCUT2D eigenvalue weighted by molar-refractivity contribution is 5.91. The third-order valence-corrected chi connectivity index (χ3v) is 6.89. The third kappa shape index (κ3) is 3.73. The van der Waals surface area contributed by atoms with E-state index < -0.39 is 0 Å². The molecule has 3 atom stereocenters. The van der Waals surface area contributed by atoms with Crippen LogP contribution in [0, 0.1) is 6.92 Å². The number of hydrogen-bond acceptors (Lipinski definition) is 6. The molecule has 8 nitrogen and oxygen atoms in total. The average Bonchev–Trinajstić information content (AvgIpc) is 3.53. The van der Waals surface area contributed by atoms with Crippen molar-refractivity contribution in [3.63, 3.8) is 0 Å². The Bertz CT molecular complexity index is 1130. The smallest absolute Gasteiger partial charge is 0.291 e. The number of aromatic nitrogens is 3. The number of pyridine rings is 1. The van der Waals surface area contributed by atoms with E-state index in [0.717, 1.165) is 37.3 Å². The van der Waals surface area contributed by atoms with Crippen molar-refractivity contribution >= 4 is 17.2 Å². The predicted molar refractivity (Wildman–Crippen MR) is 123 cm³/mol. The standard InChI is InChI=1S/C24H30N6O2/c1-16-11-18(29-10-9-24(2,15-29)17-7-5-4-6-8-17)14-30-22(16)27-21(28-30)23(31)26-19-12-25-13-20(19)32-3/h4-8,11,14,19-20,25H,9-10,12-13,15H2,1-3H3,(H,26,31)/t19?,20?,24-/m0/s1. The van der Waals surface area contributed by atoms with Crippen LogP contribution in [-0.2, 0) is 10.2 Å². The number of rotatable bonds is 5. The second-order valence-corrected chi connectivity index (χ2v) is 9.20. The van der Waals surface area contributed by atoms with Crippen LogP contribution in [0.5, 0.6) is 0 Å². The Labute approximate surface area is 188 Å². The Kier molecular flexibility index (Phi) is 5.35. The summed E-state index contributed by atoms with van der Waals surface area (Å²) >= 11 is 0. The number of hydrogen-bond donors (Lipinski definition) is 2. The van der Waals surface area contributed by atoms with Gasteiger partial charge < -0.3 is 20.3 Å². The zero-order valence-electron chi connectivity index (χ0n) is 18.8. The zero-order valence-corrected chi connectivity index (χ0v) is 18.8. The number of carbonyl (C=O) groups excluding carboxylic acids is 1. The summed E-state index contributed by atoms with van der Waals surface area (Å²) in [5.41, 5.74) is 4.29. The van der Waals surface area contributed by atoms with Gasteiger partial charge in [0.05, 0.1) is 24.0 Å². The van der Waals surface area contributed by atoms with Crippen LogP contribution in [0.15, 0.2) is 42.6 Å². The van der Waals surface area contributed by atoms with E-state index >= 15 is 0 Å². The quantitative estimate of drug-likeness (QED) is 0.638. The first kappa shape index (κ1) is 20.9. The molecular weight excluding hydrogens is 404 g/mol. The van der Waals surface area contributed by atoms with Crippen LogP contribution in [0.25, 0.3) is 5.65 Å². The lowest BCUT2D eigenvalue weighted by atomic mass is 9.82. The van der Waals surface area contributed by atoms with Crippen molar-refractivity contribution in [1.82, 2.24) is 25.2 Å². The van der Waals surface area contributed by atoms with Gasteiger partial charge in [0.15, 0.2) is 5.65 Å². The number of amides is 1. The first-order valence-corrected chi connectivity index (χ1v) is 11.2. The molecule has 0 aliphatic carbocycles. The molecule has 0 bridgehead atoms. The van der Waals surface area contributed by atoms with Gasteiger partial charge in [-0.2, -0.15) is 0 Å². The predicted octanol–water partition coefficient (Wildman–Crippen LogP) is 1.92. The van der Waals surface area contributed by atoms with Gasteiger partial charge >= 0.3 is 0 Å². The zero-order chi connectivity index (χ0) is 22.3. The first-order chi connectivity index (χ1) is 15.5. The van der Waals surface area contributed by atoms with Gasteiger partial charge in [0.1, 0.15) is 0 Å². The Balaban J connectivity index is 1.37. The summed E-state index contributed by atoms with van der Waals surface area (Å²) in [6, 6.07) is 12.8. The summed E-state index contributed by atoms with van der Waals surface area (Å²) in [5, 5.41) is 10.7. The fourth-order valence-electron chi connectivity index (χ4n) is 4.94. The molecule has 2 saturated heterocycles. The van der Waals surface area contributed by atoms with Crippen molar-refractivity contribution in [2.75, 3.05) is 38.2 Å². The minimum Gasteiger partial charge on any atom is -0.378 e. The molecule has 4 heterocycles. The number of aryl methyl sites for hydroxylation is 1. The van der Waals surface area contributed by atoms with E-state index in [-0.39, 0.29) is 29.3 Å². The number of methoxy groups -OCH3 is 1. The van der Waals surface area contributed by atoms with E-state index in [2.05, 4.69) is 68.9 Å². The highest BCUT2D eigenvalue weighted by atomic mass is 16.5. The monoisotopic (exact) mass is 434 g/mol. The van der Waals surface area contributed by atoms with Gasteiger partial charge in [-0.3, -0.25) is 4.79 Å². The Morgan fingerprint density at radius 3 is 2.88 bits per heavy atom. The number of carbonyl (C=O) groups is 1. The van der Waals surface area contributed by atoms with Crippen molar-refractivity contribution in [1.29, 1.82) is 0 Å². The number of benzene rings is 1. The van der Waals surface area contributed by atoms with E-state index in [4.69, 9.17) is 4.74 Å². The van der Waals surface area contributed by atoms with E-state index in [1.54, 1.807) is 11.6 Å². The van der Waals surface area contributed by atoms with Gasteiger partial charge in [0.25, 0.3) is 5.91 Å². The molecule has 32 heavy (non-hydrogen) atoms. The maximum Gasteiger partial charge on any atom is 0.291 e. The van der Waals surface area contributed by atoms with E-state index in [9.17, 15) is 4.79 Å². The molecule has 0 saturated carbocycles. The number of nitrogens with one attached hydrogen (secondary N) is 2. The molecule has 8 heteroatoms. The van der Waals surface area contributed by atoms with Crippen molar-refractivity contribution < 1.29 is 9.53 Å². The van der Waals surface area contributed by atoms with Gasteiger partial charge in [-0.05, 0) is 30.5 Å². The molecule has 3 aromatic rings. The molecule has 2 aliphatic heterocycles. The van der Waals surface area contributed by atoms with Gasteiger partial charge in [0.2, 0.25) is 5.82 Å². The third-order valence-electron chi connectivity index (χ3n) is 6.89. The van der Waals surface area contributed by atoms with Crippen molar-refractivity contribution in [2.45, 2.75) is 37.8 Å². The minimum atomic E-state index is -0.275. The molecule has 2 N–H and O–H groups in total. The van der Waals surface area contributed by atoms with E-state index in [1.807, 2.05) is 13.1 Å². The molecule has 2 aromatic heterocycles. The molecule has 5 rings (SSSR count). The second-order valence-electron chi connectivity index (χ2n) is 9.20. The number of anilines is 1. The van der Waals surface area contributed by atoms with Crippen LogP contribution >= 0.6 is 0 Å². The largest absolute Gasteiger partial charge is 0.378 e. The molecule has 2 fully saturated rings. The fourth-order valence-corrected chi connectivity index (χ4v) is 4.94. The maximum atomic E-state index is 12.8. The molecule has 0 spiro atoms. The lowest BCUT2D eigenvalue weighted by Gasteiger charge is -2.26. The molecule has 0 radical (unpaired) electrons. The maximum absolute atomic E-state index is 12.8. The number of nitrogens with zero attached hydrogens (tertiary/aromatic N) is 4. The molecule has 2 unspecified atom stereocenters. The normalized spacial score (nSPS) is 25.5. The molecule has 1 amide bonds. The minimum absolute atomic E-state index is 0.0431. The van der Waals surface area contributed by atoms with Crippen molar-refractivity contribution in [3.8, 4) is 0 Å². The topological polar surface area (TPSA) is 83.8 Å². The summed E-state index contributed by atoms with van der Waals surface area (Å²) in [6.07, 6.45) is 3.03. The summed E-state index contributed by atoms with van der Waals surface area (Å²) in [7, 11) is 1.66. The van der Waals surface area contributed by atoms with E-state index in [1.165, 1.54) is 5.56 Å². The first-order valence-electron chi connectivity index (χ1n) is 11.2. The second kappa shape index (κ2) is 8.18. The van der Waals surface area contributed by atoms with Crippen LogP contribution in [0.4, 0.5) is 5.69 Å². The Morgan fingerprint density at radius 1 is 1.28 bits per heavy atom. The molecule has 1 aromatic carbocycles. The van der Waals surface area contributed by atoms with Gasteiger partial charge in [-0.1, -0.05) is 37.3 Å². The number of ether oxygens (including phenoxy) is 1. The summed E-state index contributed by atoms with van der Waals surface area (Å²) in [5.74, 6) is -0.0919. The average molecular weight is 435 g/mol. The van der Waals surface area contributed by atoms with Crippen LogP contribution in [0.2, 0.25) is 0 Å². The van der Waals surface area contributed by atoms with Gasteiger partial charge in [-0.25, -0.2) is 9.50 Å². The van der Waals surface area contributed by atoms with E-state index in [0.29, 0.717) is 12.2 Å². The van der Waals surface area contributed by atoms with Crippen LogP contribution < -0.4 is 15.5 Å². The summed E-state index contributed by atoms with van der Waals surface area (Å²) < 4.78 is 7.17. The molecular formula is C24H30N6O2. The lowest BCUT2D eigenvalue weighted by Crippen LogP contribution is -2.43. The SMILES string of the molecule is COC1CNCC1NC(=O)c1nc2c(C)cc(N3CC[C@](C)(c4ccccc4)C3)cn2n1. The summed E-state index contributed by atoms with van der Waals surface area (Å²) in [6.45, 7) is 7.67.